The first-order valence-corrected chi connectivity index (χ1v) is 6.63. The van der Waals surface area contributed by atoms with Crippen LogP contribution in [-0.4, -0.2) is 10.8 Å². The van der Waals surface area contributed by atoms with E-state index in [2.05, 4.69) is 46.3 Å². The van der Waals surface area contributed by atoms with Gasteiger partial charge in [-0.25, -0.2) is 0 Å². The van der Waals surface area contributed by atoms with Crippen LogP contribution >= 0.6 is 22.6 Å². The molecule has 0 unspecified atom stereocenters. The molecule has 2 nitrogen and oxygen atoms in total. The van der Waals surface area contributed by atoms with Crippen molar-refractivity contribution in [3.8, 4) is 11.1 Å². The van der Waals surface area contributed by atoms with Gasteiger partial charge < -0.3 is 0 Å². The van der Waals surface area contributed by atoms with Crippen molar-refractivity contribution in [2.24, 2.45) is 0 Å². The Morgan fingerprint density at radius 2 is 2.06 bits per heavy atom. The van der Waals surface area contributed by atoms with Gasteiger partial charge in [0, 0.05) is 22.4 Å². The van der Waals surface area contributed by atoms with Gasteiger partial charge >= 0.3 is 0 Å². The number of hydrogen-bond donors (Lipinski definition) is 0. The molecule has 2 rings (SSSR count). The lowest BCUT2D eigenvalue weighted by molar-refractivity contribution is -0.114. The molecule has 90 valence electrons. The van der Waals surface area contributed by atoms with E-state index in [4.69, 9.17) is 0 Å². The van der Waals surface area contributed by atoms with Crippen LogP contribution in [0.4, 0.5) is 0 Å². The molecule has 0 saturated carbocycles. The molecule has 0 aliphatic rings. The van der Waals surface area contributed by atoms with Crippen LogP contribution in [0.1, 0.15) is 5.56 Å². The summed E-state index contributed by atoms with van der Waals surface area (Å²) in [6.07, 6.45) is 5.20. The normalized spacial score (nSPS) is 10.1. The Hall–Kier alpha value is -1.49. The fourth-order valence-electron chi connectivity index (χ4n) is 1.77. The van der Waals surface area contributed by atoms with Gasteiger partial charge in [0.05, 0.1) is 0 Å². The third-order valence-corrected chi connectivity index (χ3v) is 3.60. The van der Waals surface area contributed by atoms with Crippen molar-refractivity contribution in [1.82, 2.24) is 4.98 Å². The van der Waals surface area contributed by atoms with E-state index in [0.29, 0.717) is 6.42 Å². The second kappa shape index (κ2) is 5.91. The lowest BCUT2D eigenvalue weighted by Gasteiger charge is -2.09. The lowest BCUT2D eigenvalue weighted by Crippen LogP contribution is -2.01. The van der Waals surface area contributed by atoms with Gasteiger partial charge in [-0.05, 0) is 57.5 Å². The van der Waals surface area contributed by atoms with Crippen molar-refractivity contribution in [3.63, 3.8) is 0 Å². The first-order chi connectivity index (χ1) is 8.72. The number of nitrogens with zero attached hydrogens (tertiary/aromatic N) is 1. The number of rotatable bonds is 4. The van der Waals surface area contributed by atoms with E-state index in [1.54, 1.807) is 12.4 Å². The summed E-state index contributed by atoms with van der Waals surface area (Å²) in [6.45, 7) is 3.51. The topological polar surface area (TPSA) is 30.0 Å². The number of halogens is 1. The predicted molar refractivity (Wildman–Crippen MR) is 81.3 cm³/mol. The molecule has 0 atom stereocenters. The van der Waals surface area contributed by atoms with E-state index in [-0.39, 0.29) is 5.78 Å². The highest BCUT2D eigenvalue weighted by atomic mass is 127. The summed E-state index contributed by atoms with van der Waals surface area (Å²) in [5.74, 6) is 0.00943. The zero-order valence-electron chi connectivity index (χ0n) is 9.77. The van der Waals surface area contributed by atoms with Gasteiger partial charge in [-0.3, -0.25) is 9.78 Å². The average molecular weight is 349 g/mol. The van der Waals surface area contributed by atoms with Gasteiger partial charge in [-0.2, -0.15) is 0 Å². The summed E-state index contributed by atoms with van der Waals surface area (Å²) in [7, 11) is 0. The standard InChI is InChI=1S/C15H12INO/c1-2-12(18)9-11-10-17-8-7-13(11)14-5-3-4-6-15(14)16/h2-8,10H,1,9H2. The molecule has 2 aromatic rings. The SMILES string of the molecule is C=CC(=O)Cc1cnccc1-c1ccccc1I. The number of pyridine rings is 1. The van der Waals surface area contributed by atoms with Crippen LogP contribution in [0.5, 0.6) is 0 Å². The molecule has 0 bridgehead atoms. The van der Waals surface area contributed by atoms with E-state index < -0.39 is 0 Å². The van der Waals surface area contributed by atoms with Crippen LogP contribution in [0.3, 0.4) is 0 Å². The second-order valence-electron chi connectivity index (χ2n) is 3.86. The summed E-state index contributed by atoms with van der Waals surface area (Å²) in [5, 5.41) is 0. The molecule has 0 fully saturated rings. The average Bonchev–Trinajstić information content (AvgIpc) is 2.40. The van der Waals surface area contributed by atoms with E-state index >= 15 is 0 Å². The Morgan fingerprint density at radius 1 is 1.28 bits per heavy atom. The minimum Gasteiger partial charge on any atom is -0.295 e. The summed E-state index contributed by atoms with van der Waals surface area (Å²) < 4.78 is 1.16. The van der Waals surface area contributed by atoms with Crippen molar-refractivity contribution in [1.29, 1.82) is 0 Å². The highest BCUT2D eigenvalue weighted by molar-refractivity contribution is 14.1. The molecule has 1 aromatic heterocycles. The summed E-state index contributed by atoms with van der Waals surface area (Å²) >= 11 is 2.30. The monoisotopic (exact) mass is 349 g/mol. The number of ketones is 1. The summed E-state index contributed by atoms with van der Waals surface area (Å²) in [6, 6.07) is 10.1. The zero-order chi connectivity index (χ0) is 13.0. The number of allylic oxidation sites excluding steroid dienone is 1. The summed E-state index contributed by atoms with van der Waals surface area (Å²) in [4.78, 5) is 15.6. The minimum atomic E-state index is 0.00943. The smallest absolute Gasteiger partial charge is 0.159 e. The molecule has 0 radical (unpaired) electrons. The van der Waals surface area contributed by atoms with Crippen LogP contribution in [0.2, 0.25) is 0 Å². The Morgan fingerprint density at radius 3 is 2.78 bits per heavy atom. The first kappa shape index (κ1) is 13.0. The predicted octanol–water partition coefficient (Wildman–Crippen LogP) is 3.65. The molecule has 0 spiro atoms. The second-order valence-corrected chi connectivity index (χ2v) is 5.02. The molecule has 1 aromatic carbocycles. The molecule has 3 heteroatoms. The van der Waals surface area contributed by atoms with Crippen molar-refractivity contribution < 1.29 is 4.79 Å². The molecule has 18 heavy (non-hydrogen) atoms. The van der Waals surface area contributed by atoms with Crippen molar-refractivity contribution in [2.75, 3.05) is 0 Å². The van der Waals surface area contributed by atoms with Crippen LogP contribution in [0.15, 0.2) is 55.4 Å². The van der Waals surface area contributed by atoms with Gasteiger partial charge in [-0.15, -0.1) is 0 Å². The van der Waals surface area contributed by atoms with Crippen LogP contribution in [-0.2, 0) is 11.2 Å². The quantitative estimate of drug-likeness (QED) is 0.623. The Labute approximate surface area is 120 Å². The van der Waals surface area contributed by atoms with Gasteiger partial charge in [0.15, 0.2) is 5.78 Å². The Bertz CT molecular complexity index is 593. The number of aromatic nitrogens is 1. The lowest BCUT2D eigenvalue weighted by atomic mass is 9.98. The molecular formula is C15H12INO. The molecule has 1 heterocycles. The summed E-state index contributed by atoms with van der Waals surface area (Å²) in [5.41, 5.74) is 3.13. The van der Waals surface area contributed by atoms with Crippen molar-refractivity contribution >= 4 is 28.4 Å². The third kappa shape index (κ3) is 2.85. The van der Waals surface area contributed by atoms with Crippen molar-refractivity contribution in [3.05, 3.63) is 64.5 Å². The van der Waals surface area contributed by atoms with Gasteiger partial charge in [0.2, 0.25) is 0 Å². The Balaban J connectivity index is 2.48. The van der Waals surface area contributed by atoms with E-state index in [9.17, 15) is 4.79 Å². The third-order valence-electron chi connectivity index (χ3n) is 2.66. The van der Waals surface area contributed by atoms with E-state index in [0.717, 1.165) is 20.3 Å². The molecule has 0 aliphatic heterocycles. The number of benzene rings is 1. The molecule has 0 amide bonds. The van der Waals surface area contributed by atoms with Crippen molar-refractivity contribution in [2.45, 2.75) is 6.42 Å². The Kier molecular flexibility index (Phi) is 4.25. The molecular weight excluding hydrogens is 337 g/mol. The van der Waals surface area contributed by atoms with Crippen LogP contribution in [0, 0.1) is 3.57 Å². The van der Waals surface area contributed by atoms with E-state index in [1.165, 1.54) is 6.08 Å². The number of hydrogen-bond acceptors (Lipinski definition) is 2. The highest BCUT2D eigenvalue weighted by Gasteiger charge is 2.09. The zero-order valence-corrected chi connectivity index (χ0v) is 11.9. The van der Waals surface area contributed by atoms with Crippen LogP contribution in [0.25, 0.3) is 11.1 Å². The maximum Gasteiger partial charge on any atom is 0.159 e. The largest absolute Gasteiger partial charge is 0.295 e. The number of carbonyl (C=O) groups is 1. The minimum absolute atomic E-state index is 0.00943. The fourth-order valence-corrected chi connectivity index (χ4v) is 2.45. The molecule has 0 N–H and O–H groups in total. The molecule has 0 saturated heterocycles. The van der Waals surface area contributed by atoms with Gasteiger partial charge in [-0.1, -0.05) is 24.8 Å². The maximum absolute atomic E-state index is 11.5. The fraction of sp³-hybridized carbons (Fsp3) is 0.0667. The highest BCUT2D eigenvalue weighted by Crippen LogP contribution is 2.27. The number of carbonyl (C=O) groups excluding carboxylic acids is 1. The first-order valence-electron chi connectivity index (χ1n) is 5.55. The molecule has 0 aliphatic carbocycles. The van der Waals surface area contributed by atoms with Gasteiger partial charge in [0.1, 0.15) is 0 Å². The van der Waals surface area contributed by atoms with E-state index in [1.807, 2.05) is 18.2 Å². The maximum atomic E-state index is 11.5. The van der Waals surface area contributed by atoms with Crippen LogP contribution < -0.4 is 0 Å². The van der Waals surface area contributed by atoms with Gasteiger partial charge in [0.25, 0.3) is 0 Å².